The zero-order chi connectivity index (χ0) is 23.6. The second-order valence-electron chi connectivity index (χ2n) is 10.1. The van der Waals surface area contributed by atoms with Crippen LogP contribution in [0.5, 0.6) is 0 Å². The number of ether oxygens (including phenoxy) is 1. The molecule has 2 aromatic rings. The number of fused-ring (bicyclic) bond motifs is 1. The van der Waals surface area contributed by atoms with E-state index in [9.17, 15) is 9.59 Å². The molecule has 1 fully saturated rings. The lowest BCUT2D eigenvalue weighted by Gasteiger charge is -2.49. The molecule has 1 saturated heterocycles. The monoisotopic (exact) mass is 447 g/mol. The highest BCUT2D eigenvalue weighted by Crippen LogP contribution is 2.58. The average Bonchev–Trinajstić information content (AvgIpc) is 3.00. The van der Waals surface area contributed by atoms with Crippen LogP contribution in [0.25, 0.3) is 0 Å². The molecule has 0 saturated carbocycles. The van der Waals surface area contributed by atoms with Crippen molar-refractivity contribution < 1.29 is 19.4 Å². The van der Waals surface area contributed by atoms with Crippen molar-refractivity contribution in [3.05, 3.63) is 82.9 Å². The minimum Gasteiger partial charge on any atom is -0.478 e. The number of piperidine rings is 1. The van der Waals surface area contributed by atoms with E-state index in [0.717, 1.165) is 62.2 Å². The summed E-state index contributed by atoms with van der Waals surface area (Å²) in [5, 5.41) is 8.98. The number of carboxylic acid groups (broad SMARTS) is 1. The largest absolute Gasteiger partial charge is 0.478 e. The number of likely N-dealkylation sites (tertiary alicyclic amines) is 1. The number of nitrogens with zero attached hydrogens (tertiary/aromatic N) is 1. The third-order valence-corrected chi connectivity index (χ3v) is 7.34. The Balaban J connectivity index is 1.64. The van der Waals surface area contributed by atoms with Gasteiger partial charge in [0.1, 0.15) is 5.60 Å². The molecular formula is C28H33NO4. The van der Waals surface area contributed by atoms with Crippen LogP contribution in [0.1, 0.15) is 48.9 Å². The van der Waals surface area contributed by atoms with Crippen LogP contribution in [0.2, 0.25) is 0 Å². The molecule has 0 bridgehead atoms. The molecule has 1 N–H and O–H groups in total. The van der Waals surface area contributed by atoms with Crippen LogP contribution in [0, 0.1) is 18.3 Å². The molecule has 5 nitrogen and oxygen atoms in total. The van der Waals surface area contributed by atoms with Crippen molar-refractivity contribution in [2.45, 2.75) is 52.2 Å². The lowest BCUT2D eigenvalue weighted by molar-refractivity contribution is -0.186. The number of benzene rings is 2. The second-order valence-corrected chi connectivity index (χ2v) is 10.1. The maximum atomic E-state index is 12.9. The number of esters is 1. The maximum Gasteiger partial charge on any atom is 0.331 e. The summed E-state index contributed by atoms with van der Waals surface area (Å²) in [6.45, 7) is 9.19. The van der Waals surface area contributed by atoms with E-state index in [1.807, 2.05) is 6.07 Å². The number of aliphatic carboxylic acids is 1. The Morgan fingerprint density at radius 3 is 2.45 bits per heavy atom. The van der Waals surface area contributed by atoms with E-state index < -0.39 is 17.5 Å². The van der Waals surface area contributed by atoms with Crippen LogP contribution < -0.4 is 0 Å². The van der Waals surface area contributed by atoms with Crippen molar-refractivity contribution in [3.63, 3.8) is 0 Å². The van der Waals surface area contributed by atoms with Crippen molar-refractivity contribution in [3.8, 4) is 0 Å². The van der Waals surface area contributed by atoms with Crippen LogP contribution in [-0.2, 0) is 32.9 Å². The van der Waals surface area contributed by atoms with Gasteiger partial charge in [-0.2, -0.15) is 0 Å². The van der Waals surface area contributed by atoms with Gasteiger partial charge < -0.3 is 9.84 Å². The van der Waals surface area contributed by atoms with E-state index in [0.29, 0.717) is 0 Å². The summed E-state index contributed by atoms with van der Waals surface area (Å²) >= 11 is 0. The molecule has 1 aliphatic heterocycles. The summed E-state index contributed by atoms with van der Waals surface area (Å²) in [6, 6.07) is 16.9. The van der Waals surface area contributed by atoms with Gasteiger partial charge in [0.15, 0.2) is 0 Å². The molecule has 5 heteroatoms. The Hall–Kier alpha value is -2.92. The quantitative estimate of drug-likeness (QED) is 0.506. The van der Waals surface area contributed by atoms with E-state index in [1.165, 1.54) is 11.1 Å². The Kier molecular flexibility index (Phi) is 6.44. The van der Waals surface area contributed by atoms with E-state index in [4.69, 9.17) is 9.84 Å². The smallest absolute Gasteiger partial charge is 0.331 e. The zero-order valence-corrected chi connectivity index (χ0v) is 19.7. The SMILES string of the molecule is Cc1ccc2c(c1)C(OC(=O)/C=C/C(=O)O)(C1CCN(Cc3ccccc3)CC1)C(C)(C)C2. The lowest BCUT2D eigenvalue weighted by atomic mass is 9.65. The number of carbonyl (C=O) groups excluding carboxylic acids is 1. The molecule has 1 unspecified atom stereocenters. The minimum absolute atomic E-state index is 0.157. The highest BCUT2D eigenvalue weighted by atomic mass is 16.6. The molecule has 174 valence electrons. The molecule has 2 aliphatic rings. The van der Waals surface area contributed by atoms with Crippen molar-refractivity contribution in [2.24, 2.45) is 11.3 Å². The predicted molar refractivity (Wildman–Crippen MR) is 128 cm³/mol. The van der Waals surface area contributed by atoms with Crippen molar-refractivity contribution in [1.29, 1.82) is 0 Å². The van der Waals surface area contributed by atoms with Gasteiger partial charge in [0, 0.05) is 30.0 Å². The number of rotatable bonds is 6. The molecule has 33 heavy (non-hydrogen) atoms. The van der Waals surface area contributed by atoms with Gasteiger partial charge in [0.2, 0.25) is 0 Å². The zero-order valence-electron chi connectivity index (χ0n) is 19.7. The van der Waals surface area contributed by atoms with Gasteiger partial charge in [-0.15, -0.1) is 0 Å². The molecule has 2 aromatic carbocycles. The first-order chi connectivity index (χ1) is 15.7. The van der Waals surface area contributed by atoms with Gasteiger partial charge in [-0.3, -0.25) is 4.90 Å². The van der Waals surface area contributed by atoms with Gasteiger partial charge >= 0.3 is 11.9 Å². The molecular weight excluding hydrogens is 414 g/mol. The first-order valence-corrected chi connectivity index (χ1v) is 11.7. The van der Waals surface area contributed by atoms with Crippen molar-refractivity contribution >= 4 is 11.9 Å². The fourth-order valence-electron chi connectivity index (χ4n) is 5.88. The number of carbonyl (C=O) groups is 2. The summed E-state index contributed by atoms with van der Waals surface area (Å²) in [5.41, 5.74) is 3.65. The van der Waals surface area contributed by atoms with Crippen LogP contribution in [0.15, 0.2) is 60.7 Å². The van der Waals surface area contributed by atoms with Gasteiger partial charge in [0.25, 0.3) is 0 Å². The molecule has 4 rings (SSSR count). The lowest BCUT2D eigenvalue weighted by Crippen LogP contribution is -2.52. The molecule has 1 atom stereocenters. The Bertz CT molecular complexity index is 1050. The van der Waals surface area contributed by atoms with Crippen LogP contribution in [0.4, 0.5) is 0 Å². The standard InChI is InChI=1S/C28H33NO4/c1-20-9-10-22-18-27(2,3)28(24(22)17-20,33-26(32)12-11-25(30)31)23-13-15-29(16-14-23)19-21-7-5-4-6-8-21/h4-12,17,23H,13-16,18-19H2,1-3H3,(H,30,31)/b12-11+. The number of carboxylic acids is 1. The van der Waals surface area contributed by atoms with Crippen LogP contribution in [0.3, 0.4) is 0 Å². The summed E-state index contributed by atoms with van der Waals surface area (Å²) in [7, 11) is 0. The van der Waals surface area contributed by atoms with Gasteiger partial charge in [-0.1, -0.05) is 67.9 Å². The normalized spacial score (nSPS) is 22.9. The van der Waals surface area contributed by atoms with E-state index in [1.54, 1.807) is 0 Å². The number of hydrogen-bond acceptors (Lipinski definition) is 4. The molecule has 0 amide bonds. The topological polar surface area (TPSA) is 66.8 Å². The third kappa shape index (κ3) is 4.60. The van der Waals surface area contributed by atoms with Crippen LogP contribution >= 0.6 is 0 Å². The Labute approximate surface area is 196 Å². The van der Waals surface area contributed by atoms with Crippen molar-refractivity contribution in [1.82, 2.24) is 4.90 Å². The molecule has 0 radical (unpaired) electrons. The number of hydrogen-bond donors (Lipinski definition) is 1. The van der Waals surface area contributed by atoms with E-state index >= 15 is 0 Å². The highest BCUT2D eigenvalue weighted by Gasteiger charge is 2.59. The van der Waals surface area contributed by atoms with E-state index in [-0.39, 0.29) is 11.3 Å². The molecule has 1 heterocycles. The summed E-state index contributed by atoms with van der Waals surface area (Å²) in [4.78, 5) is 26.3. The maximum absolute atomic E-state index is 12.9. The summed E-state index contributed by atoms with van der Waals surface area (Å²) in [6.07, 6.45) is 4.55. The second kappa shape index (κ2) is 9.14. The fraction of sp³-hybridized carbons (Fsp3) is 0.429. The highest BCUT2D eigenvalue weighted by molar-refractivity contribution is 5.91. The van der Waals surface area contributed by atoms with E-state index in [2.05, 4.69) is 68.1 Å². The number of aryl methyl sites for hydroxylation is 1. The first kappa shape index (κ1) is 23.2. The summed E-state index contributed by atoms with van der Waals surface area (Å²) in [5.74, 6) is -1.59. The van der Waals surface area contributed by atoms with Crippen LogP contribution in [-0.4, -0.2) is 35.0 Å². The molecule has 0 spiro atoms. The fourth-order valence-corrected chi connectivity index (χ4v) is 5.88. The average molecular weight is 448 g/mol. The van der Waals surface area contributed by atoms with Gasteiger partial charge in [-0.05, 0) is 56.0 Å². The van der Waals surface area contributed by atoms with Crippen molar-refractivity contribution in [2.75, 3.05) is 13.1 Å². The van der Waals surface area contributed by atoms with Gasteiger partial charge in [-0.25, -0.2) is 9.59 Å². The minimum atomic E-state index is -1.16. The Morgan fingerprint density at radius 1 is 1.09 bits per heavy atom. The Morgan fingerprint density at radius 2 is 1.79 bits per heavy atom. The first-order valence-electron chi connectivity index (χ1n) is 11.7. The molecule has 1 aliphatic carbocycles. The molecule has 0 aromatic heterocycles. The summed E-state index contributed by atoms with van der Waals surface area (Å²) < 4.78 is 6.33. The van der Waals surface area contributed by atoms with Gasteiger partial charge in [0.05, 0.1) is 0 Å². The predicted octanol–water partition coefficient (Wildman–Crippen LogP) is 4.87. The third-order valence-electron chi connectivity index (χ3n) is 7.34.